The molecule has 3 aliphatic heterocycles. The number of aliphatic hydroxyl groups is 3. The second kappa shape index (κ2) is 18.9. The number of hydrogen-bond donors (Lipinski definition) is 5. The van der Waals surface area contributed by atoms with Gasteiger partial charge in [-0.15, -0.1) is 0 Å². The van der Waals surface area contributed by atoms with Crippen LogP contribution in [-0.4, -0.2) is 152 Å². The number of methoxy groups -OCH3 is 1. The molecule has 3 fully saturated rings. The second-order valence-corrected chi connectivity index (χ2v) is 20.5. The van der Waals surface area contributed by atoms with E-state index in [0.29, 0.717) is 0 Å². The highest BCUT2D eigenvalue weighted by atomic mass is 31.2. The van der Waals surface area contributed by atoms with Crippen LogP contribution in [0.15, 0.2) is 73.3 Å². The van der Waals surface area contributed by atoms with Crippen molar-refractivity contribution < 1.29 is 65.9 Å². The molecule has 0 aliphatic carbocycles. The summed E-state index contributed by atoms with van der Waals surface area (Å²) < 4.78 is 99.5. The van der Waals surface area contributed by atoms with Crippen molar-refractivity contribution in [3.63, 3.8) is 0 Å². The number of nitrogens with zero attached hydrogens (tertiary/aromatic N) is 10. The van der Waals surface area contributed by atoms with E-state index in [1.165, 1.54) is 45.2 Å². The Bertz CT molecular complexity index is 2880. The molecule has 370 valence electrons. The number of benzene rings is 2. The molecule has 6 aromatic rings. The van der Waals surface area contributed by atoms with E-state index in [1.54, 1.807) is 67.6 Å². The molecule has 3 saturated heterocycles. The number of piperazine rings is 1. The van der Waals surface area contributed by atoms with Crippen LogP contribution in [0.4, 0.5) is 16.3 Å². The average molecular weight is 1000 g/mol. The number of hydrogen-bond acceptors (Lipinski definition) is 21. The van der Waals surface area contributed by atoms with Crippen molar-refractivity contribution in [2.75, 3.05) is 64.6 Å². The Morgan fingerprint density at radius 2 is 1.17 bits per heavy atom. The number of para-hydroxylation sites is 2. The lowest BCUT2D eigenvalue weighted by Crippen LogP contribution is -2.46. The molecular formula is C41H51FN12O13P2. The molecule has 0 radical (unpaired) electrons. The zero-order valence-corrected chi connectivity index (χ0v) is 39.5. The lowest BCUT2D eigenvalue weighted by Gasteiger charge is -2.39. The lowest BCUT2D eigenvalue weighted by molar-refractivity contribution is -0.0949. The summed E-state index contributed by atoms with van der Waals surface area (Å²) in [6.07, 6.45) is -6.23. The second-order valence-electron chi connectivity index (χ2n) is 16.6. The number of fused-ring (bicyclic) bond motifs is 2. The molecule has 2 unspecified atom stereocenters. The predicted molar refractivity (Wildman–Crippen MR) is 242 cm³/mol. The first-order valence-electron chi connectivity index (χ1n) is 21.7. The molecule has 7 N–H and O–H groups in total. The standard InChI is InChI=1S/C41H51FN12O13P2/c1-5-61-35-29-33(48-39(44)50-35)53(22-46-29)36-40(2,42)30(55)26(64-36)20-62-68(58,66-24-12-8-6-9-13-24)51-16-18-52(19-17-51)69(59,67-25-14-10-7-11-15-25)63-21-27-31(56)41(3,57)37(65-27)54-23-45-28-32(54)47-38(43)49-34(28)60-4/h6-15,22-23,26-27,30-31,36-37,55-57H,5,16-21H2,1-4H3,(H2,43,47,49)(H2,44,48,50)/t26-,27-,30-,31-,36-,37-,40-,41-,68?,69?/m1/s1. The third kappa shape index (κ3) is 9.18. The van der Waals surface area contributed by atoms with Gasteiger partial charge in [-0.25, -0.2) is 23.5 Å². The van der Waals surface area contributed by atoms with Gasteiger partial charge in [-0.1, -0.05) is 36.4 Å². The zero-order valence-electron chi connectivity index (χ0n) is 37.7. The molecule has 2 aromatic carbocycles. The quantitative estimate of drug-likeness (QED) is 0.0819. The van der Waals surface area contributed by atoms with Crippen LogP contribution in [-0.2, 0) is 27.7 Å². The summed E-state index contributed by atoms with van der Waals surface area (Å²) in [6, 6.07) is 16.5. The number of rotatable bonds is 17. The van der Waals surface area contributed by atoms with Crippen LogP contribution < -0.4 is 30.0 Å². The van der Waals surface area contributed by atoms with E-state index in [-0.39, 0.29) is 90.3 Å². The largest absolute Gasteiger partial charge is 0.479 e. The van der Waals surface area contributed by atoms with Crippen molar-refractivity contribution in [1.29, 1.82) is 0 Å². The van der Waals surface area contributed by atoms with E-state index in [9.17, 15) is 15.3 Å². The van der Waals surface area contributed by atoms with Gasteiger partial charge in [0.15, 0.2) is 40.5 Å². The van der Waals surface area contributed by atoms with Crippen molar-refractivity contribution in [2.45, 2.75) is 68.9 Å². The van der Waals surface area contributed by atoms with E-state index < -0.39 is 76.8 Å². The van der Waals surface area contributed by atoms with Gasteiger partial charge in [0.25, 0.3) is 0 Å². The van der Waals surface area contributed by atoms with Crippen molar-refractivity contribution >= 4 is 49.7 Å². The van der Waals surface area contributed by atoms with E-state index in [4.69, 9.17) is 48.5 Å². The minimum absolute atomic E-state index is 0.0839. The Hall–Kier alpha value is -5.63. The van der Waals surface area contributed by atoms with Crippen LogP contribution >= 0.6 is 15.5 Å². The fraction of sp³-hybridized carbons (Fsp3) is 0.463. The van der Waals surface area contributed by atoms with Gasteiger partial charge in [0.2, 0.25) is 23.7 Å². The Morgan fingerprint density at radius 3 is 1.67 bits per heavy atom. The zero-order chi connectivity index (χ0) is 48.9. The Balaban J connectivity index is 0.923. The van der Waals surface area contributed by atoms with E-state index >= 15 is 13.5 Å². The van der Waals surface area contributed by atoms with Crippen LogP contribution in [0, 0.1) is 0 Å². The fourth-order valence-corrected chi connectivity index (χ4v) is 11.8. The maximum absolute atomic E-state index is 16.6. The molecular weight excluding hydrogens is 949 g/mol. The number of nitrogens with two attached hydrogens (primary N) is 2. The number of alkyl halides is 1. The van der Waals surface area contributed by atoms with E-state index in [2.05, 4.69) is 29.9 Å². The number of aliphatic hydroxyl groups excluding tert-OH is 2. The van der Waals surface area contributed by atoms with Gasteiger partial charge in [-0.2, -0.15) is 29.3 Å². The monoisotopic (exact) mass is 1000 g/mol. The van der Waals surface area contributed by atoms with Gasteiger partial charge in [-0.05, 0) is 45.0 Å². The van der Waals surface area contributed by atoms with Crippen LogP contribution in [0.5, 0.6) is 23.3 Å². The highest BCUT2D eigenvalue weighted by Crippen LogP contribution is 2.57. The van der Waals surface area contributed by atoms with Gasteiger partial charge in [-0.3, -0.25) is 18.2 Å². The Morgan fingerprint density at radius 1 is 0.725 bits per heavy atom. The molecule has 10 atom stereocenters. The molecule has 0 bridgehead atoms. The van der Waals surface area contributed by atoms with E-state index in [0.717, 1.165) is 6.92 Å². The first-order valence-corrected chi connectivity index (χ1v) is 24.7. The van der Waals surface area contributed by atoms with Crippen LogP contribution in [0.25, 0.3) is 22.3 Å². The third-order valence-corrected chi connectivity index (χ3v) is 15.9. The maximum atomic E-state index is 16.6. The molecule has 69 heavy (non-hydrogen) atoms. The summed E-state index contributed by atoms with van der Waals surface area (Å²) in [5.74, 6) is 0.257. The number of nitrogen functional groups attached to an aromatic ring is 2. The molecule has 0 saturated carbocycles. The van der Waals surface area contributed by atoms with Gasteiger partial charge in [0.05, 0.1) is 39.6 Å². The molecule has 3 aliphatic rings. The lowest BCUT2D eigenvalue weighted by atomic mass is 9.96. The van der Waals surface area contributed by atoms with Crippen LogP contribution in [0.3, 0.4) is 0 Å². The molecule has 25 nitrogen and oxygen atoms in total. The highest BCUT2D eigenvalue weighted by molar-refractivity contribution is 7.52. The summed E-state index contributed by atoms with van der Waals surface area (Å²) in [5.41, 5.74) is 8.10. The summed E-state index contributed by atoms with van der Waals surface area (Å²) in [7, 11) is -7.38. The minimum atomic E-state index is -4.40. The summed E-state index contributed by atoms with van der Waals surface area (Å²) >= 11 is 0. The fourth-order valence-electron chi connectivity index (χ4n) is 8.34. The molecule has 28 heteroatoms. The molecule has 9 rings (SSSR count). The summed E-state index contributed by atoms with van der Waals surface area (Å²) in [4.78, 5) is 25.2. The maximum Gasteiger partial charge on any atom is 0.461 e. The van der Waals surface area contributed by atoms with Crippen molar-refractivity contribution in [3.05, 3.63) is 73.3 Å². The van der Waals surface area contributed by atoms with Crippen molar-refractivity contribution in [2.24, 2.45) is 0 Å². The third-order valence-electron chi connectivity index (χ3n) is 11.9. The van der Waals surface area contributed by atoms with Crippen molar-refractivity contribution in [3.8, 4) is 23.3 Å². The van der Waals surface area contributed by atoms with Crippen LogP contribution in [0.1, 0.15) is 33.2 Å². The SMILES string of the molecule is CCOc1nc(N)nc2c1ncn2[C@@H]1O[C@H](COP(=O)(Oc2ccccc2)N2CCN(P(=O)(OC[C@H]3O[C@@H](n4cnc5c(OC)nc(N)nc54)[C@](C)(O)[C@@H]3O)Oc3ccccc3)CC2)[C@@H](O)[C@@]1(C)F. The van der Waals surface area contributed by atoms with Gasteiger partial charge in [0, 0.05) is 26.2 Å². The Labute approximate surface area is 393 Å². The number of ether oxygens (including phenoxy) is 4. The van der Waals surface area contributed by atoms with Crippen LogP contribution in [0.2, 0.25) is 0 Å². The number of imidazole rings is 2. The van der Waals surface area contributed by atoms with Crippen molar-refractivity contribution in [1.82, 2.24) is 48.4 Å². The van der Waals surface area contributed by atoms with Gasteiger partial charge >= 0.3 is 15.5 Å². The first kappa shape index (κ1) is 48.4. The molecule has 4 aromatic heterocycles. The smallest absolute Gasteiger partial charge is 0.461 e. The summed E-state index contributed by atoms with van der Waals surface area (Å²) in [6.45, 7) is 2.96. The topological polar surface area (TPSA) is 314 Å². The molecule has 0 spiro atoms. The normalized spacial score (nSPS) is 28.4. The number of aromatic nitrogens is 8. The molecule has 0 amide bonds. The summed E-state index contributed by atoms with van der Waals surface area (Å²) in [5, 5.41) is 34.4. The average Bonchev–Trinajstić information content (AvgIpc) is 4.06. The van der Waals surface area contributed by atoms with E-state index in [1.807, 2.05) is 0 Å². The van der Waals surface area contributed by atoms with Gasteiger partial charge < -0.3 is 54.8 Å². The first-order chi connectivity index (χ1) is 33.0. The number of halogens is 1. The number of anilines is 2. The minimum Gasteiger partial charge on any atom is -0.479 e. The van der Waals surface area contributed by atoms with Gasteiger partial charge in [0.1, 0.15) is 41.5 Å². The Kier molecular flexibility index (Phi) is 13.3. The molecule has 7 heterocycles. The predicted octanol–water partition coefficient (Wildman–Crippen LogP) is 3.26. The highest BCUT2D eigenvalue weighted by Gasteiger charge is 2.57.